The third kappa shape index (κ3) is 3.07. The second kappa shape index (κ2) is 5.86. The van der Waals surface area contributed by atoms with E-state index in [1.807, 2.05) is 6.20 Å². The van der Waals surface area contributed by atoms with Crippen LogP contribution in [0.15, 0.2) is 12.4 Å². The van der Waals surface area contributed by atoms with Crippen LogP contribution in [0.5, 0.6) is 0 Å². The molecule has 2 atom stereocenters. The molecule has 114 valence electrons. The monoisotopic (exact) mass is 278 g/mol. The van der Waals surface area contributed by atoms with Gasteiger partial charge in [0.2, 0.25) is 0 Å². The number of hydrogen-bond acceptors (Lipinski definition) is 3. The summed E-state index contributed by atoms with van der Waals surface area (Å²) in [7, 11) is 0. The molecule has 0 spiro atoms. The molecule has 4 heteroatoms. The van der Waals surface area contributed by atoms with Crippen LogP contribution in [-0.2, 0) is 6.54 Å². The zero-order valence-electron chi connectivity index (χ0n) is 13.7. The minimum Gasteiger partial charge on any atom is -0.334 e. The third-order valence-electron chi connectivity index (χ3n) is 5.28. The molecule has 2 unspecified atom stereocenters. The first kappa shape index (κ1) is 15.5. The van der Waals surface area contributed by atoms with E-state index in [2.05, 4.69) is 60.6 Å². The smallest absolute Gasteiger partial charge is 0.105 e. The van der Waals surface area contributed by atoms with Gasteiger partial charge < -0.3 is 9.88 Å². The predicted octanol–water partition coefficient (Wildman–Crippen LogP) is 2.43. The fourth-order valence-electron chi connectivity index (χ4n) is 2.99. The topological polar surface area (TPSA) is 33.1 Å². The van der Waals surface area contributed by atoms with Crippen molar-refractivity contribution in [3.63, 3.8) is 0 Å². The minimum absolute atomic E-state index is 0.249. The van der Waals surface area contributed by atoms with Crippen LogP contribution in [0.1, 0.15) is 46.4 Å². The van der Waals surface area contributed by atoms with Gasteiger partial charge in [-0.25, -0.2) is 4.98 Å². The highest BCUT2D eigenvalue weighted by Gasteiger charge is 2.40. The van der Waals surface area contributed by atoms with E-state index in [4.69, 9.17) is 0 Å². The third-order valence-corrected chi connectivity index (χ3v) is 5.28. The number of rotatable bonds is 5. The summed E-state index contributed by atoms with van der Waals surface area (Å²) in [4.78, 5) is 6.99. The first-order chi connectivity index (χ1) is 9.42. The summed E-state index contributed by atoms with van der Waals surface area (Å²) in [6, 6.07) is 0. The van der Waals surface area contributed by atoms with Gasteiger partial charge in [0.05, 0.1) is 0 Å². The highest BCUT2D eigenvalue weighted by molar-refractivity contribution is 5.01. The van der Waals surface area contributed by atoms with Gasteiger partial charge in [-0.3, -0.25) is 4.90 Å². The summed E-state index contributed by atoms with van der Waals surface area (Å²) in [6.07, 6.45) is 6.33. The van der Waals surface area contributed by atoms with Crippen LogP contribution in [0.4, 0.5) is 0 Å². The SMILES string of the molecule is CCC1(C)CN(CCn2ccnc2C)C(C)(CC)CN1. The Hall–Kier alpha value is -0.870. The van der Waals surface area contributed by atoms with Crippen molar-refractivity contribution in [2.45, 2.75) is 65.1 Å². The summed E-state index contributed by atoms with van der Waals surface area (Å²) in [5.74, 6) is 1.11. The van der Waals surface area contributed by atoms with Crippen molar-refractivity contribution in [2.75, 3.05) is 19.6 Å². The van der Waals surface area contributed by atoms with E-state index in [1.165, 1.54) is 12.8 Å². The van der Waals surface area contributed by atoms with Gasteiger partial charge >= 0.3 is 0 Å². The summed E-state index contributed by atoms with van der Waals surface area (Å²) >= 11 is 0. The van der Waals surface area contributed by atoms with Crippen molar-refractivity contribution in [1.82, 2.24) is 19.8 Å². The van der Waals surface area contributed by atoms with Crippen LogP contribution in [0.2, 0.25) is 0 Å². The van der Waals surface area contributed by atoms with Crippen molar-refractivity contribution in [2.24, 2.45) is 0 Å². The van der Waals surface area contributed by atoms with Gasteiger partial charge in [-0.2, -0.15) is 0 Å². The zero-order valence-corrected chi connectivity index (χ0v) is 13.7. The van der Waals surface area contributed by atoms with E-state index in [0.29, 0.717) is 0 Å². The molecule has 1 aromatic rings. The number of nitrogens with one attached hydrogen (secondary N) is 1. The molecule has 0 saturated carbocycles. The Balaban J connectivity index is 2.06. The molecule has 1 aromatic heterocycles. The summed E-state index contributed by atoms with van der Waals surface area (Å²) in [6.45, 7) is 15.7. The van der Waals surface area contributed by atoms with Crippen molar-refractivity contribution in [1.29, 1.82) is 0 Å². The highest BCUT2D eigenvalue weighted by atomic mass is 15.3. The molecule has 0 bridgehead atoms. The summed E-state index contributed by atoms with van der Waals surface area (Å²) in [5, 5.41) is 3.76. The quantitative estimate of drug-likeness (QED) is 0.898. The van der Waals surface area contributed by atoms with Crippen LogP contribution < -0.4 is 5.32 Å². The molecule has 1 N–H and O–H groups in total. The zero-order chi connectivity index (χ0) is 14.8. The molecule has 20 heavy (non-hydrogen) atoms. The van der Waals surface area contributed by atoms with Crippen LogP contribution in [0, 0.1) is 6.92 Å². The van der Waals surface area contributed by atoms with E-state index < -0.39 is 0 Å². The molecule has 1 aliphatic heterocycles. The van der Waals surface area contributed by atoms with E-state index in [-0.39, 0.29) is 11.1 Å². The maximum Gasteiger partial charge on any atom is 0.105 e. The normalized spacial score (nSPS) is 31.6. The van der Waals surface area contributed by atoms with E-state index in [0.717, 1.165) is 32.0 Å². The molecule has 1 fully saturated rings. The molecule has 0 aromatic carbocycles. The lowest BCUT2D eigenvalue weighted by atomic mass is 9.86. The summed E-state index contributed by atoms with van der Waals surface area (Å²) < 4.78 is 2.25. The maximum absolute atomic E-state index is 4.31. The van der Waals surface area contributed by atoms with Gasteiger partial charge in [-0.1, -0.05) is 13.8 Å². The van der Waals surface area contributed by atoms with Gasteiger partial charge in [-0.05, 0) is 33.6 Å². The van der Waals surface area contributed by atoms with Crippen molar-refractivity contribution < 1.29 is 0 Å². The predicted molar refractivity (Wildman–Crippen MR) is 83.9 cm³/mol. The van der Waals surface area contributed by atoms with Crippen LogP contribution in [0.3, 0.4) is 0 Å². The maximum atomic E-state index is 4.31. The fourth-order valence-corrected chi connectivity index (χ4v) is 2.99. The largest absolute Gasteiger partial charge is 0.334 e. The molecule has 1 saturated heterocycles. The molecule has 0 amide bonds. The number of aryl methyl sites for hydroxylation is 1. The molecule has 0 aliphatic carbocycles. The Bertz CT molecular complexity index is 441. The van der Waals surface area contributed by atoms with Crippen molar-refractivity contribution in [3.05, 3.63) is 18.2 Å². The Morgan fingerprint density at radius 1 is 1.25 bits per heavy atom. The highest BCUT2D eigenvalue weighted by Crippen LogP contribution is 2.28. The number of piperazine rings is 1. The molecule has 4 nitrogen and oxygen atoms in total. The second-order valence-electron chi connectivity index (χ2n) is 6.71. The Labute approximate surface area is 123 Å². The Morgan fingerprint density at radius 3 is 2.55 bits per heavy atom. The summed E-state index contributed by atoms with van der Waals surface area (Å²) in [5.41, 5.74) is 0.516. The van der Waals surface area contributed by atoms with Crippen LogP contribution >= 0.6 is 0 Å². The number of nitrogens with zero attached hydrogens (tertiary/aromatic N) is 3. The lowest BCUT2D eigenvalue weighted by Crippen LogP contribution is -2.68. The van der Waals surface area contributed by atoms with Crippen molar-refractivity contribution in [3.8, 4) is 0 Å². The number of aromatic nitrogens is 2. The van der Waals surface area contributed by atoms with Gasteiger partial charge in [0.15, 0.2) is 0 Å². The molecular formula is C16H30N4. The molecule has 0 radical (unpaired) electrons. The molecule has 2 heterocycles. The first-order valence-corrected chi connectivity index (χ1v) is 7.90. The van der Waals surface area contributed by atoms with E-state index in [9.17, 15) is 0 Å². The molecule has 2 rings (SSSR count). The fraction of sp³-hybridized carbons (Fsp3) is 0.812. The van der Waals surface area contributed by atoms with Gasteiger partial charge in [0.25, 0.3) is 0 Å². The van der Waals surface area contributed by atoms with Crippen molar-refractivity contribution >= 4 is 0 Å². The first-order valence-electron chi connectivity index (χ1n) is 7.90. The van der Waals surface area contributed by atoms with E-state index >= 15 is 0 Å². The lowest BCUT2D eigenvalue weighted by molar-refractivity contribution is 0.0145. The van der Waals surface area contributed by atoms with Gasteiger partial charge in [0, 0.05) is 49.7 Å². The minimum atomic E-state index is 0.249. The Kier molecular flexibility index (Phi) is 4.55. The molecule has 1 aliphatic rings. The van der Waals surface area contributed by atoms with E-state index in [1.54, 1.807) is 0 Å². The van der Waals surface area contributed by atoms with Crippen LogP contribution in [-0.4, -0.2) is 45.2 Å². The Morgan fingerprint density at radius 2 is 2.00 bits per heavy atom. The van der Waals surface area contributed by atoms with Gasteiger partial charge in [0.1, 0.15) is 5.82 Å². The van der Waals surface area contributed by atoms with Gasteiger partial charge in [-0.15, -0.1) is 0 Å². The number of hydrogen-bond donors (Lipinski definition) is 1. The molecular weight excluding hydrogens is 248 g/mol. The lowest BCUT2D eigenvalue weighted by Gasteiger charge is -2.52. The number of imidazole rings is 1. The average molecular weight is 278 g/mol. The van der Waals surface area contributed by atoms with Crippen LogP contribution in [0.25, 0.3) is 0 Å². The standard InChI is InChI=1S/C16H30N4/c1-6-15(4)13-20(16(5,7-2)12-18-15)11-10-19-9-8-17-14(19)3/h8-9,18H,6-7,10-13H2,1-5H3. The average Bonchev–Trinajstić information content (AvgIpc) is 2.86. The second-order valence-corrected chi connectivity index (χ2v) is 6.71.